The van der Waals surface area contributed by atoms with Crippen LogP contribution in [0.4, 0.5) is 11.6 Å². The Morgan fingerprint density at radius 1 is 1.29 bits per heavy atom. The highest BCUT2D eigenvalue weighted by Gasteiger charge is 2.14. The van der Waals surface area contributed by atoms with Crippen molar-refractivity contribution in [1.29, 1.82) is 0 Å². The van der Waals surface area contributed by atoms with Crippen LogP contribution in [-0.2, 0) is 0 Å². The lowest BCUT2D eigenvalue weighted by Crippen LogP contribution is -2.09. The highest BCUT2D eigenvalue weighted by molar-refractivity contribution is 5.65. The molecule has 1 saturated carbocycles. The van der Waals surface area contributed by atoms with E-state index in [1.165, 1.54) is 38.5 Å². The molecular weight excluding hydrogens is 262 g/mol. The summed E-state index contributed by atoms with van der Waals surface area (Å²) >= 11 is 0. The van der Waals surface area contributed by atoms with Crippen molar-refractivity contribution < 1.29 is 0 Å². The highest BCUT2D eigenvalue weighted by atomic mass is 15.1. The molecule has 114 valence electrons. The van der Waals surface area contributed by atoms with E-state index in [-0.39, 0.29) is 0 Å². The van der Waals surface area contributed by atoms with E-state index in [1.807, 2.05) is 23.0 Å². The number of nitrogens with zero attached hydrogens (tertiary/aromatic N) is 3. The fourth-order valence-corrected chi connectivity index (χ4v) is 3.21. The molecule has 0 unspecified atom stereocenters. The fraction of sp³-hybridized carbons (Fsp3) is 0.625. The van der Waals surface area contributed by atoms with Gasteiger partial charge in [0.1, 0.15) is 5.82 Å². The first-order valence-corrected chi connectivity index (χ1v) is 8.18. The van der Waals surface area contributed by atoms with Crippen molar-refractivity contribution in [2.45, 2.75) is 45.4 Å². The van der Waals surface area contributed by atoms with Crippen LogP contribution in [0.2, 0.25) is 0 Å². The van der Waals surface area contributed by atoms with Crippen LogP contribution in [0.3, 0.4) is 0 Å². The predicted molar refractivity (Wildman–Crippen MR) is 86.8 cm³/mol. The third kappa shape index (κ3) is 3.46. The maximum atomic E-state index is 4.63. The molecule has 1 fully saturated rings. The van der Waals surface area contributed by atoms with Gasteiger partial charge in [0, 0.05) is 25.5 Å². The summed E-state index contributed by atoms with van der Waals surface area (Å²) < 4.78 is 2.02. The lowest BCUT2D eigenvalue weighted by molar-refractivity contribution is 0.491. The van der Waals surface area contributed by atoms with Crippen LogP contribution in [0, 0.1) is 5.92 Å². The Labute approximate surface area is 126 Å². The lowest BCUT2D eigenvalue weighted by atomic mass is 10.0. The van der Waals surface area contributed by atoms with Gasteiger partial charge in [-0.25, -0.2) is 9.97 Å². The molecule has 2 aromatic heterocycles. The zero-order chi connectivity index (χ0) is 14.5. The average Bonchev–Trinajstić information content (AvgIpc) is 3.14. The molecule has 0 spiro atoms. The van der Waals surface area contributed by atoms with E-state index in [4.69, 9.17) is 0 Å². The van der Waals surface area contributed by atoms with Crippen LogP contribution in [0.15, 0.2) is 18.6 Å². The summed E-state index contributed by atoms with van der Waals surface area (Å²) in [5, 5.41) is 6.73. The van der Waals surface area contributed by atoms with Crippen LogP contribution in [0.25, 0.3) is 5.65 Å². The van der Waals surface area contributed by atoms with Crippen LogP contribution in [0.1, 0.15) is 45.4 Å². The number of fused-ring (bicyclic) bond motifs is 1. The molecule has 1 aliphatic rings. The summed E-state index contributed by atoms with van der Waals surface area (Å²) in [5.74, 6) is 2.73. The third-order valence-corrected chi connectivity index (χ3v) is 4.29. The molecule has 2 aromatic rings. The summed E-state index contributed by atoms with van der Waals surface area (Å²) in [6.45, 7) is 3.92. The van der Waals surface area contributed by atoms with E-state index in [0.717, 1.165) is 36.3 Å². The summed E-state index contributed by atoms with van der Waals surface area (Å²) in [4.78, 5) is 9.01. The first-order valence-electron chi connectivity index (χ1n) is 8.18. The SMILES string of the molecule is CCNc1cn2ccnc2c(NCCCC2CCCC2)n1. The molecule has 2 heterocycles. The van der Waals surface area contributed by atoms with Crippen LogP contribution >= 0.6 is 0 Å². The first-order chi connectivity index (χ1) is 10.4. The van der Waals surface area contributed by atoms with Crippen molar-refractivity contribution in [3.05, 3.63) is 18.6 Å². The molecule has 0 atom stereocenters. The van der Waals surface area contributed by atoms with Gasteiger partial charge in [0.15, 0.2) is 11.5 Å². The van der Waals surface area contributed by atoms with Crippen molar-refractivity contribution in [1.82, 2.24) is 14.4 Å². The molecule has 2 N–H and O–H groups in total. The molecule has 3 rings (SSSR count). The van der Waals surface area contributed by atoms with Gasteiger partial charge >= 0.3 is 0 Å². The van der Waals surface area contributed by atoms with E-state index in [9.17, 15) is 0 Å². The summed E-state index contributed by atoms with van der Waals surface area (Å²) in [6.07, 6.45) is 14.0. The van der Waals surface area contributed by atoms with E-state index < -0.39 is 0 Å². The van der Waals surface area contributed by atoms with Crippen LogP contribution < -0.4 is 10.6 Å². The maximum Gasteiger partial charge on any atom is 0.180 e. The zero-order valence-corrected chi connectivity index (χ0v) is 12.8. The smallest absolute Gasteiger partial charge is 0.180 e. The average molecular weight is 287 g/mol. The predicted octanol–water partition coefficient (Wildman–Crippen LogP) is 3.54. The van der Waals surface area contributed by atoms with Gasteiger partial charge in [0.05, 0.1) is 6.20 Å². The number of anilines is 2. The second-order valence-electron chi connectivity index (χ2n) is 5.88. The topological polar surface area (TPSA) is 54.2 Å². The molecule has 0 saturated heterocycles. The Kier molecular flexibility index (Phi) is 4.58. The Morgan fingerprint density at radius 3 is 2.95 bits per heavy atom. The molecule has 1 aliphatic carbocycles. The largest absolute Gasteiger partial charge is 0.369 e. The molecule has 21 heavy (non-hydrogen) atoms. The van der Waals surface area contributed by atoms with E-state index in [2.05, 4.69) is 27.5 Å². The lowest BCUT2D eigenvalue weighted by Gasteiger charge is -2.12. The second-order valence-corrected chi connectivity index (χ2v) is 5.88. The van der Waals surface area contributed by atoms with Gasteiger partial charge in [0.2, 0.25) is 0 Å². The Morgan fingerprint density at radius 2 is 2.14 bits per heavy atom. The molecule has 5 nitrogen and oxygen atoms in total. The summed E-state index contributed by atoms with van der Waals surface area (Å²) in [6, 6.07) is 0. The van der Waals surface area contributed by atoms with Crippen LogP contribution in [-0.4, -0.2) is 27.5 Å². The maximum absolute atomic E-state index is 4.63. The van der Waals surface area contributed by atoms with E-state index in [1.54, 1.807) is 0 Å². The van der Waals surface area contributed by atoms with Crippen molar-refractivity contribution in [3.63, 3.8) is 0 Å². The van der Waals surface area contributed by atoms with Gasteiger partial charge < -0.3 is 15.0 Å². The van der Waals surface area contributed by atoms with Gasteiger partial charge in [-0.2, -0.15) is 0 Å². The van der Waals surface area contributed by atoms with Gasteiger partial charge in [-0.1, -0.05) is 25.7 Å². The zero-order valence-electron chi connectivity index (χ0n) is 12.8. The number of rotatable bonds is 7. The van der Waals surface area contributed by atoms with Crippen molar-refractivity contribution in [3.8, 4) is 0 Å². The number of hydrogen-bond donors (Lipinski definition) is 2. The van der Waals surface area contributed by atoms with Crippen molar-refractivity contribution in [2.75, 3.05) is 23.7 Å². The molecule has 0 radical (unpaired) electrons. The Bertz CT molecular complexity index is 571. The molecule has 0 aromatic carbocycles. The van der Waals surface area contributed by atoms with Gasteiger partial charge in [0.25, 0.3) is 0 Å². The Balaban J connectivity index is 1.60. The molecule has 0 amide bonds. The van der Waals surface area contributed by atoms with Crippen LogP contribution in [0.5, 0.6) is 0 Å². The minimum Gasteiger partial charge on any atom is -0.369 e. The minimum atomic E-state index is 0.869. The fourth-order valence-electron chi connectivity index (χ4n) is 3.21. The molecular formula is C16H25N5. The molecule has 5 heteroatoms. The van der Waals surface area contributed by atoms with E-state index in [0.29, 0.717) is 0 Å². The third-order valence-electron chi connectivity index (χ3n) is 4.29. The van der Waals surface area contributed by atoms with E-state index >= 15 is 0 Å². The first kappa shape index (κ1) is 14.2. The Hall–Kier alpha value is -1.78. The van der Waals surface area contributed by atoms with Gasteiger partial charge in [-0.05, 0) is 25.7 Å². The monoisotopic (exact) mass is 287 g/mol. The number of nitrogens with one attached hydrogen (secondary N) is 2. The van der Waals surface area contributed by atoms with Gasteiger partial charge in [-0.3, -0.25) is 0 Å². The normalized spacial score (nSPS) is 15.7. The quantitative estimate of drug-likeness (QED) is 0.765. The number of imidazole rings is 1. The minimum absolute atomic E-state index is 0.869. The summed E-state index contributed by atoms with van der Waals surface area (Å²) in [7, 11) is 0. The standard InChI is InChI=1S/C16H25N5/c1-2-17-14-12-21-11-10-19-16(21)15(20-14)18-9-5-8-13-6-3-4-7-13/h10-13,17H,2-9H2,1H3,(H,18,20). The highest BCUT2D eigenvalue weighted by Crippen LogP contribution is 2.28. The van der Waals surface area contributed by atoms with Gasteiger partial charge in [-0.15, -0.1) is 0 Å². The van der Waals surface area contributed by atoms with Crippen molar-refractivity contribution >= 4 is 17.3 Å². The summed E-state index contributed by atoms with van der Waals surface area (Å²) in [5.41, 5.74) is 0.900. The van der Waals surface area contributed by atoms with Crippen molar-refractivity contribution in [2.24, 2.45) is 5.92 Å². The molecule has 0 bridgehead atoms. The molecule has 0 aliphatic heterocycles. The number of hydrogen-bond acceptors (Lipinski definition) is 4. The number of aromatic nitrogens is 3. The second kappa shape index (κ2) is 6.78.